The SMILES string of the molecule is CN(Cc1ccc(-c2ccccc2)cc1)C(=O)C1=NN(C2CCS(=O)(=O)C2)C(=O)CC1. The maximum Gasteiger partial charge on any atom is 0.270 e. The lowest BCUT2D eigenvalue weighted by atomic mass is 10.0. The highest BCUT2D eigenvalue weighted by Crippen LogP contribution is 2.23. The lowest BCUT2D eigenvalue weighted by Gasteiger charge is -2.29. The molecule has 0 aliphatic carbocycles. The zero-order valence-corrected chi connectivity index (χ0v) is 18.2. The summed E-state index contributed by atoms with van der Waals surface area (Å²) in [7, 11) is -1.44. The van der Waals surface area contributed by atoms with E-state index in [1.807, 2.05) is 42.5 Å². The molecule has 2 heterocycles. The number of nitrogens with zero attached hydrogens (tertiary/aromatic N) is 3. The third-order valence-corrected chi connectivity index (χ3v) is 7.44. The number of hydrogen-bond acceptors (Lipinski definition) is 5. The first-order valence-corrected chi connectivity index (χ1v) is 12.1. The fraction of sp³-hybridized carbons (Fsp3) is 0.348. The van der Waals surface area contributed by atoms with Gasteiger partial charge in [0, 0.05) is 26.4 Å². The number of sulfone groups is 1. The van der Waals surface area contributed by atoms with Gasteiger partial charge in [0.15, 0.2) is 9.84 Å². The predicted molar refractivity (Wildman–Crippen MR) is 119 cm³/mol. The van der Waals surface area contributed by atoms with Crippen molar-refractivity contribution in [3.8, 4) is 11.1 Å². The summed E-state index contributed by atoms with van der Waals surface area (Å²) in [6, 6.07) is 17.6. The van der Waals surface area contributed by atoms with Crippen molar-refractivity contribution >= 4 is 27.4 Å². The summed E-state index contributed by atoms with van der Waals surface area (Å²) in [5.41, 5.74) is 3.53. The van der Waals surface area contributed by atoms with Crippen molar-refractivity contribution in [1.29, 1.82) is 0 Å². The molecule has 1 saturated heterocycles. The highest BCUT2D eigenvalue weighted by Gasteiger charge is 2.37. The van der Waals surface area contributed by atoms with Crippen LogP contribution in [0.1, 0.15) is 24.8 Å². The Labute approximate surface area is 182 Å². The minimum absolute atomic E-state index is 0.0547. The fourth-order valence-electron chi connectivity index (χ4n) is 3.98. The lowest BCUT2D eigenvalue weighted by molar-refractivity contribution is -0.134. The Morgan fingerprint density at radius 1 is 1.06 bits per heavy atom. The van der Waals surface area contributed by atoms with E-state index < -0.39 is 15.9 Å². The normalized spacial score (nSPS) is 20.4. The van der Waals surface area contributed by atoms with Crippen LogP contribution in [0.2, 0.25) is 0 Å². The Bertz CT molecular complexity index is 1110. The molecule has 2 aliphatic rings. The van der Waals surface area contributed by atoms with E-state index in [2.05, 4.69) is 17.2 Å². The molecule has 1 unspecified atom stereocenters. The molecule has 1 atom stereocenters. The second-order valence-corrected chi connectivity index (χ2v) is 10.3. The minimum Gasteiger partial charge on any atom is -0.336 e. The Hall–Kier alpha value is -3.00. The van der Waals surface area contributed by atoms with Gasteiger partial charge in [-0.2, -0.15) is 5.10 Å². The molecule has 0 radical (unpaired) electrons. The van der Waals surface area contributed by atoms with Crippen molar-refractivity contribution in [2.75, 3.05) is 18.6 Å². The summed E-state index contributed by atoms with van der Waals surface area (Å²) < 4.78 is 23.5. The molecule has 2 aromatic carbocycles. The van der Waals surface area contributed by atoms with E-state index in [0.717, 1.165) is 16.7 Å². The van der Waals surface area contributed by atoms with Crippen LogP contribution in [0.25, 0.3) is 11.1 Å². The molecule has 2 aliphatic heterocycles. The van der Waals surface area contributed by atoms with Crippen LogP contribution in [0.4, 0.5) is 0 Å². The van der Waals surface area contributed by atoms with E-state index in [4.69, 9.17) is 0 Å². The Balaban J connectivity index is 1.44. The zero-order valence-electron chi connectivity index (χ0n) is 17.4. The molecule has 1 fully saturated rings. The number of hydrazone groups is 1. The number of carbonyl (C=O) groups excluding carboxylic acids is 2. The molecular formula is C23H25N3O4S. The van der Waals surface area contributed by atoms with Crippen LogP contribution in [0.3, 0.4) is 0 Å². The molecule has 2 amide bonds. The Kier molecular flexibility index (Phi) is 5.91. The molecule has 31 heavy (non-hydrogen) atoms. The van der Waals surface area contributed by atoms with Crippen LogP contribution in [0, 0.1) is 0 Å². The molecule has 8 heteroatoms. The largest absolute Gasteiger partial charge is 0.336 e. The average molecular weight is 440 g/mol. The summed E-state index contributed by atoms with van der Waals surface area (Å²) in [5.74, 6) is -0.504. The van der Waals surface area contributed by atoms with Crippen LogP contribution < -0.4 is 0 Å². The predicted octanol–water partition coefficient (Wildman–Crippen LogP) is 2.48. The summed E-state index contributed by atoms with van der Waals surface area (Å²) >= 11 is 0. The van der Waals surface area contributed by atoms with E-state index >= 15 is 0 Å². The van der Waals surface area contributed by atoms with Gasteiger partial charge in [-0.1, -0.05) is 54.6 Å². The first kappa shape index (κ1) is 21.2. The maximum atomic E-state index is 12.9. The number of hydrogen-bond donors (Lipinski definition) is 0. The number of rotatable bonds is 5. The number of amides is 2. The fourth-order valence-corrected chi connectivity index (χ4v) is 5.67. The molecule has 0 N–H and O–H groups in total. The van der Waals surface area contributed by atoms with Gasteiger partial charge in [0.25, 0.3) is 5.91 Å². The molecule has 7 nitrogen and oxygen atoms in total. The first-order chi connectivity index (χ1) is 14.8. The van der Waals surface area contributed by atoms with E-state index in [0.29, 0.717) is 18.7 Å². The van der Waals surface area contributed by atoms with Crippen molar-refractivity contribution in [2.24, 2.45) is 5.10 Å². The lowest BCUT2D eigenvalue weighted by Crippen LogP contribution is -2.44. The number of benzene rings is 2. The second-order valence-electron chi connectivity index (χ2n) is 8.07. The third-order valence-electron chi connectivity index (χ3n) is 5.69. The topological polar surface area (TPSA) is 87.1 Å². The highest BCUT2D eigenvalue weighted by atomic mass is 32.2. The van der Waals surface area contributed by atoms with Gasteiger partial charge in [-0.25, -0.2) is 13.4 Å². The van der Waals surface area contributed by atoms with E-state index in [-0.39, 0.29) is 36.2 Å². The molecule has 2 aromatic rings. The molecule has 4 rings (SSSR count). The molecule has 0 saturated carbocycles. The third kappa shape index (κ3) is 4.85. The van der Waals surface area contributed by atoms with Crippen molar-refractivity contribution in [3.05, 3.63) is 60.2 Å². The van der Waals surface area contributed by atoms with Gasteiger partial charge in [-0.15, -0.1) is 0 Å². The first-order valence-electron chi connectivity index (χ1n) is 10.3. The van der Waals surface area contributed by atoms with E-state index in [1.54, 1.807) is 11.9 Å². The Morgan fingerprint density at radius 3 is 2.39 bits per heavy atom. The van der Waals surface area contributed by atoms with Crippen LogP contribution in [0.15, 0.2) is 59.7 Å². The van der Waals surface area contributed by atoms with Gasteiger partial charge in [0.2, 0.25) is 5.91 Å². The van der Waals surface area contributed by atoms with Crippen molar-refractivity contribution < 1.29 is 18.0 Å². The van der Waals surface area contributed by atoms with Gasteiger partial charge in [0.1, 0.15) is 5.71 Å². The molecule has 0 aromatic heterocycles. The monoisotopic (exact) mass is 439 g/mol. The van der Waals surface area contributed by atoms with E-state index in [9.17, 15) is 18.0 Å². The van der Waals surface area contributed by atoms with Gasteiger partial charge in [0.05, 0.1) is 17.5 Å². The summed E-state index contributed by atoms with van der Waals surface area (Å²) in [6.07, 6.45) is 0.800. The molecule has 162 valence electrons. The number of carbonyl (C=O) groups is 2. The maximum absolute atomic E-state index is 12.9. The van der Waals surface area contributed by atoms with Crippen LogP contribution in [-0.4, -0.2) is 60.4 Å². The summed E-state index contributed by atoms with van der Waals surface area (Å²) in [6.45, 7) is 0.415. The Morgan fingerprint density at radius 2 is 1.74 bits per heavy atom. The van der Waals surface area contributed by atoms with Crippen molar-refractivity contribution in [2.45, 2.75) is 31.8 Å². The standard InChI is InChI=1S/C23H25N3O4S/c1-25(15-17-7-9-19(10-8-17)18-5-3-2-4-6-18)23(28)21-11-12-22(27)26(24-21)20-13-14-31(29,30)16-20/h2-10,20H,11-16H2,1H3. The van der Waals surface area contributed by atoms with Gasteiger partial charge in [-0.3, -0.25) is 9.59 Å². The molecular weight excluding hydrogens is 414 g/mol. The van der Waals surface area contributed by atoms with Gasteiger partial charge in [-0.05, 0) is 23.1 Å². The van der Waals surface area contributed by atoms with Crippen molar-refractivity contribution in [1.82, 2.24) is 9.91 Å². The average Bonchev–Trinajstić information content (AvgIpc) is 3.14. The highest BCUT2D eigenvalue weighted by molar-refractivity contribution is 7.91. The smallest absolute Gasteiger partial charge is 0.270 e. The molecule has 0 bridgehead atoms. The van der Waals surface area contributed by atoms with Crippen LogP contribution in [-0.2, 0) is 26.0 Å². The van der Waals surface area contributed by atoms with Crippen LogP contribution >= 0.6 is 0 Å². The minimum atomic E-state index is -3.15. The molecule has 0 spiro atoms. The second kappa shape index (κ2) is 8.63. The quantitative estimate of drug-likeness (QED) is 0.716. The van der Waals surface area contributed by atoms with Crippen LogP contribution in [0.5, 0.6) is 0 Å². The summed E-state index contributed by atoms with van der Waals surface area (Å²) in [4.78, 5) is 26.8. The summed E-state index contributed by atoms with van der Waals surface area (Å²) in [5, 5.41) is 5.50. The van der Waals surface area contributed by atoms with E-state index in [1.165, 1.54) is 5.01 Å². The van der Waals surface area contributed by atoms with Gasteiger partial charge < -0.3 is 4.90 Å². The zero-order chi connectivity index (χ0) is 22.0. The van der Waals surface area contributed by atoms with Gasteiger partial charge >= 0.3 is 0 Å². The van der Waals surface area contributed by atoms with Crippen molar-refractivity contribution in [3.63, 3.8) is 0 Å².